The average Bonchev–Trinajstić information content (AvgIpc) is 2.77. The summed E-state index contributed by atoms with van der Waals surface area (Å²) in [7, 11) is 1.32. The molecular formula is C23H22N4O3. The predicted molar refractivity (Wildman–Crippen MR) is 117 cm³/mol. The number of hydrogen-bond acceptors (Lipinski definition) is 4. The number of hydrogen-bond donors (Lipinski definition) is 4. The number of carbonyl (C=O) groups is 2. The summed E-state index contributed by atoms with van der Waals surface area (Å²) in [6.45, 7) is 0.211. The smallest absolute Gasteiger partial charge is 0.337 e. The molecule has 3 aromatic rings. The molecule has 0 heterocycles. The molecule has 0 saturated heterocycles. The number of methoxy groups -OCH3 is 1. The normalized spacial score (nSPS) is 10.2. The number of nitrogens with two attached hydrogens (primary N) is 1. The van der Waals surface area contributed by atoms with E-state index in [1.807, 2.05) is 30.3 Å². The van der Waals surface area contributed by atoms with Gasteiger partial charge < -0.3 is 21.1 Å². The molecule has 0 atom stereocenters. The molecule has 0 saturated carbocycles. The van der Waals surface area contributed by atoms with Gasteiger partial charge in [-0.1, -0.05) is 36.4 Å². The molecule has 5 N–H and O–H groups in total. The van der Waals surface area contributed by atoms with Crippen LogP contribution in [0, 0.1) is 5.41 Å². The summed E-state index contributed by atoms with van der Waals surface area (Å²) < 4.78 is 4.86. The molecule has 3 aromatic carbocycles. The molecule has 7 heteroatoms. The first-order chi connectivity index (χ1) is 14.5. The number of ether oxygens (including phenoxy) is 1. The van der Waals surface area contributed by atoms with Gasteiger partial charge in [-0.25, -0.2) is 9.59 Å². The predicted octanol–water partition coefficient (Wildman–Crippen LogP) is 3.75. The van der Waals surface area contributed by atoms with Crippen LogP contribution in [0.2, 0.25) is 0 Å². The SMILES string of the molecule is COC(=O)c1cc(CNC(=O)Nc2ccccc2)cc(-c2cccc(C(=N)N)c2)c1. The highest BCUT2D eigenvalue weighted by Gasteiger charge is 2.12. The lowest BCUT2D eigenvalue weighted by Crippen LogP contribution is -2.28. The Morgan fingerprint density at radius 2 is 1.67 bits per heavy atom. The van der Waals surface area contributed by atoms with Crippen LogP contribution in [0.3, 0.4) is 0 Å². The lowest BCUT2D eigenvalue weighted by atomic mass is 9.98. The van der Waals surface area contributed by atoms with E-state index < -0.39 is 5.97 Å². The van der Waals surface area contributed by atoms with E-state index in [-0.39, 0.29) is 18.4 Å². The van der Waals surface area contributed by atoms with Crippen LogP contribution >= 0.6 is 0 Å². The van der Waals surface area contributed by atoms with E-state index in [0.717, 1.165) is 16.7 Å². The summed E-state index contributed by atoms with van der Waals surface area (Å²) >= 11 is 0. The molecule has 0 radical (unpaired) electrons. The second-order valence-corrected chi connectivity index (χ2v) is 6.58. The number of anilines is 1. The van der Waals surface area contributed by atoms with Gasteiger partial charge in [0.1, 0.15) is 5.84 Å². The second kappa shape index (κ2) is 9.38. The van der Waals surface area contributed by atoms with E-state index in [9.17, 15) is 9.59 Å². The van der Waals surface area contributed by atoms with Crippen molar-refractivity contribution in [1.82, 2.24) is 5.32 Å². The highest BCUT2D eigenvalue weighted by molar-refractivity contribution is 5.96. The highest BCUT2D eigenvalue weighted by Crippen LogP contribution is 2.24. The van der Waals surface area contributed by atoms with Crippen LogP contribution in [0.15, 0.2) is 72.8 Å². The zero-order valence-electron chi connectivity index (χ0n) is 16.4. The maximum Gasteiger partial charge on any atom is 0.337 e. The van der Waals surface area contributed by atoms with Crippen LogP contribution in [0.25, 0.3) is 11.1 Å². The average molecular weight is 402 g/mol. The first-order valence-corrected chi connectivity index (χ1v) is 9.23. The van der Waals surface area contributed by atoms with Crippen molar-refractivity contribution in [3.63, 3.8) is 0 Å². The van der Waals surface area contributed by atoms with E-state index in [1.165, 1.54) is 7.11 Å². The van der Waals surface area contributed by atoms with Crippen molar-refractivity contribution in [2.45, 2.75) is 6.54 Å². The van der Waals surface area contributed by atoms with Crippen molar-refractivity contribution < 1.29 is 14.3 Å². The number of para-hydroxylation sites is 1. The molecule has 3 rings (SSSR count). The Balaban J connectivity index is 1.84. The Morgan fingerprint density at radius 1 is 0.933 bits per heavy atom. The van der Waals surface area contributed by atoms with Crippen molar-refractivity contribution in [3.8, 4) is 11.1 Å². The van der Waals surface area contributed by atoms with Crippen LogP contribution in [0.5, 0.6) is 0 Å². The molecule has 0 bridgehead atoms. The van der Waals surface area contributed by atoms with Crippen molar-refractivity contribution >= 4 is 23.5 Å². The number of nitrogens with one attached hydrogen (secondary N) is 3. The third-order valence-corrected chi connectivity index (χ3v) is 4.41. The monoisotopic (exact) mass is 402 g/mol. The van der Waals surface area contributed by atoms with Gasteiger partial charge in [-0.3, -0.25) is 5.41 Å². The topological polar surface area (TPSA) is 117 Å². The fourth-order valence-electron chi connectivity index (χ4n) is 2.94. The molecule has 2 amide bonds. The van der Waals surface area contributed by atoms with Crippen LogP contribution < -0.4 is 16.4 Å². The quantitative estimate of drug-likeness (QED) is 0.285. The number of esters is 1. The summed E-state index contributed by atoms with van der Waals surface area (Å²) in [4.78, 5) is 24.3. The zero-order valence-corrected chi connectivity index (χ0v) is 16.4. The van der Waals surface area contributed by atoms with Gasteiger partial charge in [0.05, 0.1) is 12.7 Å². The molecule has 0 spiro atoms. The van der Waals surface area contributed by atoms with Crippen molar-refractivity contribution in [3.05, 3.63) is 89.5 Å². The van der Waals surface area contributed by atoms with E-state index in [1.54, 1.807) is 42.5 Å². The fraction of sp³-hybridized carbons (Fsp3) is 0.0870. The first kappa shape index (κ1) is 20.6. The van der Waals surface area contributed by atoms with E-state index >= 15 is 0 Å². The summed E-state index contributed by atoms with van der Waals surface area (Å²) in [5.74, 6) is -0.519. The molecular weight excluding hydrogens is 380 g/mol. The van der Waals surface area contributed by atoms with Gasteiger partial charge in [-0.15, -0.1) is 0 Å². The van der Waals surface area contributed by atoms with E-state index in [2.05, 4.69) is 10.6 Å². The Kier molecular flexibility index (Phi) is 6.44. The fourth-order valence-corrected chi connectivity index (χ4v) is 2.94. The minimum absolute atomic E-state index is 0.0413. The Labute approximate surface area is 174 Å². The van der Waals surface area contributed by atoms with Crippen molar-refractivity contribution in [2.75, 3.05) is 12.4 Å². The third kappa shape index (κ3) is 5.23. The standard InChI is InChI=1S/C23H22N4O3/c1-30-22(28)19-11-15(14-26-23(29)27-20-8-3-2-4-9-20)10-18(13-19)16-6-5-7-17(12-16)21(24)25/h2-13H,14H2,1H3,(H3,24,25)(H2,26,27,29). The van der Waals surface area contributed by atoms with Gasteiger partial charge in [-0.2, -0.15) is 0 Å². The third-order valence-electron chi connectivity index (χ3n) is 4.41. The van der Waals surface area contributed by atoms with Gasteiger partial charge in [0, 0.05) is 17.8 Å². The van der Waals surface area contributed by atoms with Gasteiger partial charge >= 0.3 is 12.0 Å². The largest absolute Gasteiger partial charge is 0.465 e. The molecule has 30 heavy (non-hydrogen) atoms. The number of nitrogen functional groups attached to an aromatic ring is 1. The van der Waals surface area contributed by atoms with Crippen LogP contribution in [0.4, 0.5) is 10.5 Å². The molecule has 0 aliphatic rings. The number of amidine groups is 1. The summed E-state index contributed by atoms with van der Waals surface area (Å²) in [6.07, 6.45) is 0. The zero-order chi connectivity index (χ0) is 21.5. The summed E-state index contributed by atoms with van der Waals surface area (Å²) in [5, 5.41) is 13.2. The maximum absolute atomic E-state index is 12.2. The number of rotatable bonds is 6. The number of amides is 2. The Bertz CT molecular complexity index is 1080. The van der Waals surface area contributed by atoms with Gasteiger partial charge in [0.2, 0.25) is 0 Å². The molecule has 0 aromatic heterocycles. The maximum atomic E-state index is 12.2. The lowest BCUT2D eigenvalue weighted by molar-refractivity contribution is 0.0600. The number of urea groups is 1. The Morgan fingerprint density at radius 3 is 2.37 bits per heavy atom. The lowest BCUT2D eigenvalue weighted by Gasteiger charge is -2.12. The van der Waals surface area contributed by atoms with Crippen LogP contribution in [0.1, 0.15) is 21.5 Å². The molecule has 0 fully saturated rings. The van der Waals surface area contributed by atoms with E-state index in [0.29, 0.717) is 16.8 Å². The van der Waals surface area contributed by atoms with Gasteiger partial charge in [0.25, 0.3) is 0 Å². The first-order valence-electron chi connectivity index (χ1n) is 9.23. The molecule has 0 aliphatic carbocycles. The van der Waals surface area contributed by atoms with Crippen LogP contribution in [-0.4, -0.2) is 24.9 Å². The van der Waals surface area contributed by atoms with Crippen LogP contribution in [-0.2, 0) is 11.3 Å². The number of benzene rings is 3. The minimum atomic E-state index is -0.477. The highest BCUT2D eigenvalue weighted by atomic mass is 16.5. The molecule has 0 unspecified atom stereocenters. The van der Waals surface area contributed by atoms with Crippen molar-refractivity contribution in [2.24, 2.45) is 5.73 Å². The second-order valence-electron chi connectivity index (χ2n) is 6.58. The number of carbonyl (C=O) groups excluding carboxylic acids is 2. The minimum Gasteiger partial charge on any atom is -0.465 e. The molecule has 152 valence electrons. The molecule has 7 nitrogen and oxygen atoms in total. The van der Waals surface area contributed by atoms with Crippen molar-refractivity contribution in [1.29, 1.82) is 5.41 Å². The van der Waals surface area contributed by atoms with Gasteiger partial charge in [0.15, 0.2) is 0 Å². The Hall–Kier alpha value is -4.13. The summed E-state index contributed by atoms with van der Waals surface area (Å²) in [5.41, 5.74) is 9.49. The molecule has 0 aliphatic heterocycles. The van der Waals surface area contributed by atoms with Gasteiger partial charge in [-0.05, 0) is 53.1 Å². The summed E-state index contributed by atoms with van der Waals surface area (Å²) in [6, 6.07) is 21.2. The van der Waals surface area contributed by atoms with E-state index in [4.69, 9.17) is 15.9 Å².